The lowest BCUT2D eigenvalue weighted by Gasteiger charge is -2.33. The van der Waals surface area contributed by atoms with Crippen LogP contribution >= 0.6 is 0 Å². The average Bonchev–Trinajstić information content (AvgIpc) is 2.98. The van der Waals surface area contributed by atoms with Crippen LogP contribution in [0.25, 0.3) is 0 Å². The van der Waals surface area contributed by atoms with Gasteiger partial charge in [-0.1, -0.05) is 0 Å². The molecule has 1 saturated carbocycles. The second kappa shape index (κ2) is 5.17. The third kappa shape index (κ3) is 3.78. The van der Waals surface area contributed by atoms with Gasteiger partial charge in [-0.25, -0.2) is 0 Å². The van der Waals surface area contributed by atoms with Gasteiger partial charge in [-0.3, -0.25) is 9.69 Å². The smallest absolute Gasteiger partial charge is 0.312 e. The van der Waals surface area contributed by atoms with E-state index in [2.05, 4.69) is 18.7 Å². The summed E-state index contributed by atoms with van der Waals surface area (Å²) < 4.78 is 4.85. The number of carbonyl (C=O) groups is 1. The Morgan fingerprint density at radius 2 is 2.00 bits per heavy atom. The maximum atomic E-state index is 11.6. The van der Waals surface area contributed by atoms with Crippen molar-refractivity contribution in [3.05, 3.63) is 0 Å². The van der Waals surface area contributed by atoms with Crippen molar-refractivity contribution in [1.82, 2.24) is 4.90 Å². The fourth-order valence-corrected chi connectivity index (χ4v) is 1.94. The van der Waals surface area contributed by atoms with Crippen LogP contribution in [0.4, 0.5) is 0 Å². The van der Waals surface area contributed by atoms with E-state index in [-0.39, 0.29) is 5.97 Å². The summed E-state index contributed by atoms with van der Waals surface area (Å²) >= 11 is 0. The number of hydrogen-bond acceptors (Lipinski definition) is 3. The van der Waals surface area contributed by atoms with E-state index in [1.54, 1.807) is 0 Å². The molecule has 0 unspecified atom stereocenters. The van der Waals surface area contributed by atoms with Gasteiger partial charge < -0.3 is 4.74 Å². The molecular formula is C13H25NO2. The maximum Gasteiger partial charge on any atom is 0.312 e. The Morgan fingerprint density at radius 3 is 2.38 bits per heavy atom. The molecule has 3 nitrogen and oxygen atoms in total. The first-order chi connectivity index (χ1) is 7.36. The van der Waals surface area contributed by atoms with Gasteiger partial charge in [0.25, 0.3) is 0 Å². The van der Waals surface area contributed by atoms with E-state index in [0.29, 0.717) is 6.04 Å². The van der Waals surface area contributed by atoms with Crippen LogP contribution in [0.1, 0.15) is 40.5 Å². The number of rotatable bonds is 6. The number of carbonyl (C=O) groups excluding carboxylic acids is 1. The number of esters is 1. The molecule has 3 heteroatoms. The number of ether oxygens (including phenoxy) is 1. The van der Waals surface area contributed by atoms with Gasteiger partial charge in [0.1, 0.15) is 0 Å². The largest absolute Gasteiger partial charge is 0.469 e. The molecule has 0 amide bonds. The molecule has 0 aliphatic heterocycles. The second-order valence-corrected chi connectivity index (χ2v) is 5.84. The van der Waals surface area contributed by atoms with Gasteiger partial charge in [0, 0.05) is 19.1 Å². The van der Waals surface area contributed by atoms with Gasteiger partial charge in [0.15, 0.2) is 0 Å². The highest BCUT2D eigenvalue weighted by atomic mass is 16.5. The van der Waals surface area contributed by atoms with Gasteiger partial charge >= 0.3 is 5.97 Å². The van der Waals surface area contributed by atoms with Crippen molar-refractivity contribution >= 4 is 5.97 Å². The quantitative estimate of drug-likeness (QED) is 0.652. The molecule has 16 heavy (non-hydrogen) atoms. The molecule has 0 spiro atoms. The van der Waals surface area contributed by atoms with Crippen molar-refractivity contribution in [2.45, 2.75) is 46.6 Å². The van der Waals surface area contributed by atoms with Gasteiger partial charge in [0.05, 0.1) is 12.5 Å². The Hall–Kier alpha value is -0.570. The summed E-state index contributed by atoms with van der Waals surface area (Å²) in [4.78, 5) is 14.0. The molecule has 0 radical (unpaired) electrons. The van der Waals surface area contributed by atoms with Crippen LogP contribution in [0.2, 0.25) is 0 Å². The second-order valence-electron chi connectivity index (χ2n) is 5.84. The Morgan fingerprint density at radius 1 is 1.44 bits per heavy atom. The Bertz CT molecular complexity index is 244. The molecule has 0 saturated heterocycles. The first-order valence-electron chi connectivity index (χ1n) is 6.19. The van der Waals surface area contributed by atoms with Crippen molar-refractivity contribution in [2.24, 2.45) is 11.3 Å². The van der Waals surface area contributed by atoms with E-state index in [9.17, 15) is 4.79 Å². The monoisotopic (exact) mass is 227 g/mol. The number of nitrogens with zero attached hydrogens (tertiary/aromatic N) is 1. The van der Waals surface area contributed by atoms with E-state index < -0.39 is 5.41 Å². The standard InChI is InChI=1S/C13H25NO2/c1-10(2)14(8-11-6-7-11)9-13(3,4)12(15)16-5/h10-11H,6-9H2,1-5H3. The maximum absolute atomic E-state index is 11.6. The van der Waals surface area contributed by atoms with Crippen LogP contribution < -0.4 is 0 Å². The minimum absolute atomic E-state index is 0.117. The fraction of sp³-hybridized carbons (Fsp3) is 0.923. The SMILES string of the molecule is COC(=O)C(C)(C)CN(CC1CC1)C(C)C. The van der Waals surface area contributed by atoms with Gasteiger partial charge in [-0.05, 0) is 46.5 Å². The average molecular weight is 227 g/mol. The van der Waals surface area contributed by atoms with E-state index in [0.717, 1.165) is 19.0 Å². The molecule has 1 aliphatic rings. The molecule has 0 N–H and O–H groups in total. The minimum Gasteiger partial charge on any atom is -0.469 e. The van der Waals surface area contributed by atoms with Crippen LogP contribution in [-0.4, -0.2) is 37.1 Å². The summed E-state index contributed by atoms with van der Waals surface area (Å²) in [6, 6.07) is 0.490. The summed E-state index contributed by atoms with van der Waals surface area (Å²) in [7, 11) is 1.46. The molecule has 0 aromatic rings. The lowest BCUT2D eigenvalue weighted by molar-refractivity contribution is -0.152. The van der Waals surface area contributed by atoms with Crippen LogP contribution in [0.5, 0.6) is 0 Å². The molecule has 0 bridgehead atoms. The van der Waals surface area contributed by atoms with E-state index >= 15 is 0 Å². The van der Waals surface area contributed by atoms with Crippen molar-refractivity contribution in [3.63, 3.8) is 0 Å². The first-order valence-corrected chi connectivity index (χ1v) is 6.19. The molecule has 0 aromatic heterocycles. The van der Waals surface area contributed by atoms with Crippen LogP contribution in [0.15, 0.2) is 0 Å². The third-order valence-electron chi connectivity index (χ3n) is 3.26. The highest BCUT2D eigenvalue weighted by molar-refractivity contribution is 5.76. The molecule has 0 aromatic carbocycles. The van der Waals surface area contributed by atoms with Crippen molar-refractivity contribution in [3.8, 4) is 0 Å². The summed E-state index contributed by atoms with van der Waals surface area (Å²) in [5, 5.41) is 0. The summed E-state index contributed by atoms with van der Waals surface area (Å²) in [6.07, 6.45) is 2.70. The lowest BCUT2D eigenvalue weighted by atomic mass is 9.92. The highest BCUT2D eigenvalue weighted by Crippen LogP contribution is 2.31. The molecule has 1 aliphatic carbocycles. The molecule has 94 valence electrons. The summed E-state index contributed by atoms with van der Waals surface area (Å²) in [5.74, 6) is 0.741. The predicted octanol–water partition coefficient (Wildman–Crippen LogP) is 2.31. The number of methoxy groups -OCH3 is 1. The summed E-state index contributed by atoms with van der Waals surface area (Å²) in [5.41, 5.74) is -0.409. The van der Waals surface area contributed by atoms with Gasteiger partial charge in [0.2, 0.25) is 0 Å². The van der Waals surface area contributed by atoms with Crippen molar-refractivity contribution in [2.75, 3.05) is 20.2 Å². The van der Waals surface area contributed by atoms with E-state index in [4.69, 9.17) is 4.74 Å². The lowest BCUT2D eigenvalue weighted by Crippen LogP contribution is -2.43. The summed E-state index contributed by atoms with van der Waals surface area (Å²) in [6.45, 7) is 10.2. The zero-order valence-electron chi connectivity index (χ0n) is 11.2. The van der Waals surface area contributed by atoms with E-state index in [1.165, 1.54) is 20.0 Å². The molecular weight excluding hydrogens is 202 g/mol. The zero-order valence-corrected chi connectivity index (χ0v) is 11.2. The van der Waals surface area contributed by atoms with Crippen molar-refractivity contribution in [1.29, 1.82) is 0 Å². The molecule has 1 fully saturated rings. The third-order valence-corrected chi connectivity index (χ3v) is 3.26. The molecule has 0 heterocycles. The zero-order chi connectivity index (χ0) is 12.3. The fourth-order valence-electron chi connectivity index (χ4n) is 1.94. The van der Waals surface area contributed by atoms with Gasteiger partial charge in [-0.15, -0.1) is 0 Å². The van der Waals surface area contributed by atoms with E-state index in [1.807, 2.05) is 13.8 Å². The van der Waals surface area contributed by atoms with Crippen LogP contribution in [0.3, 0.4) is 0 Å². The Kier molecular flexibility index (Phi) is 4.36. The molecule has 1 rings (SSSR count). The number of hydrogen-bond donors (Lipinski definition) is 0. The predicted molar refractivity (Wildman–Crippen MR) is 65.2 cm³/mol. The van der Waals surface area contributed by atoms with Crippen LogP contribution in [-0.2, 0) is 9.53 Å². The minimum atomic E-state index is -0.409. The normalized spacial score (nSPS) is 16.9. The topological polar surface area (TPSA) is 29.5 Å². The highest BCUT2D eigenvalue weighted by Gasteiger charge is 2.34. The van der Waals surface area contributed by atoms with Crippen molar-refractivity contribution < 1.29 is 9.53 Å². The Balaban J connectivity index is 2.54. The van der Waals surface area contributed by atoms with Crippen LogP contribution in [0, 0.1) is 11.3 Å². The molecule has 0 atom stereocenters. The van der Waals surface area contributed by atoms with Gasteiger partial charge in [-0.2, -0.15) is 0 Å². The first kappa shape index (κ1) is 13.5. The Labute approximate surface area is 99.1 Å².